The summed E-state index contributed by atoms with van der Waals surface area (Å²) in [5, 5.41) is 2.75. The van der Waals surface area contributed by atoms with Gasteiger partial charge in [0.25, 0.3) is 0 Å². The third kappa shape index (κ3) is 4.22. The quantitative estimate of drug-likeness (QED) is 0.869. The van der Waals surface area contributed by atoms with Crippen LogP contribution < -0.4 is 10.2 Å². The lowest BCUT2D eigenvalue weighted by atomic mass is 10.1. The normalized spacial score (nSPS) is 9.33. The molecule has 0 amide bonds. The van der Waals surface area contributed by atoms with Crippen LogP contribution in [-0.2, 0) is 0 Å². The van der Waals surface area contributed by atoms with Crippen LogP contribution in [0.2, 0.25) is 0 Å². The molecule has 0 spiro atoms. The van der Waals surface area contributed by atoms with Crippen molar-refractivity contribution < 1.29 is 0 Å². The first kappa shape index (κ1) is 14.3. The van der Waals surface area contributed by atoms with Gasteiger partial charge < -0.3 is 10.2 Å². The van der Waals surface area contributed by atoms with Crippen LogP contribution in [0.15, 0.2) is 54.6 Å². The summed E-state index contributed by atoms with van der Waals surface area (Å²) in [7, 11) is 7.86. The summed E-state index contributed by atoms with van der Waals surface area (Å²) in [6.07, 6.45) is 0. The Morgan fingerprint density at radius 1 is 0.722 bits per heavy atom. The molecule has 0 saturated carbocycles. The molecule has 0 atom stereocenters. The second kappa shape index (κ2) is 7.51. The van der Waals surface area contributed by atoms with Crippen molar-refractivity contribution in [1.82, 2.24) is 5.32 Å². The van der Waals surface area contributed by atoms with Gasteiger partial charge in [0.05, 0.1) is 0 Å². The Morgan fingerprint density at radius 3 is 1.61 bits per heavy atom. The van der Waals surface area contributed by atoms with E-state index in [1.54, 1.807) is 0 Å². The number of nitrogens with one attached hydrogen (secondary N) is 1. The minimum atomic E-state index is 1.23. The highest BCUT2D eigenvalue weighted by Gasteiger charge is 1.97. The van der Waals surface area contributed by atoms with Gasteiger partial charge in [-0.2, -0.15) is 0 Å². The molecule has 0 fully saturated rings. The summed E-state index contributed by atoms with van der Waals surface area (Å²) in [5.41, 5.74) is 3.76. The summed E-state index contributed by atoms with van der Waals surface area (Å²) < 4.78 is 0. The SMILES string of the molecule is CN(C)c1ccc(-c2ccccc2)cc1.CNC. The summed E-state index contributed by atoms with van der Waals surface area (Å²) in [6.45, 7) is 0. The van der Waals surface area contributed by atoms with E-state index in [4.69, 9.17) is 0 Å². The highest BCUT2D eigenvalue weighted by molar-refractivity contribution is 5.66. The molecule has 2 aromatic rings. The summed E-state index contributed by atoms with van der Waals surface area (Å²) >= 11 is 0. The molecule has 0 heterocycles. The highest BCUT2D eigenvalue weighted by Crippen LogP contribution is 2.21. The fourth-order valence-corrected chi connectivity index (χ4v) is 1.58. The zero-order valence-corrected chi connectivity index (χ0v) is 11.6. The van der Waals surface area contributed by atoms with Crippen LogP contribution in [-0.4, -0.2) is 28.2 Å². The van der Waals surface area contributed by atoms with Crippen LogP contribution >= 0.6 is 0 Å². The van der Waals surface area contributed by atoms with Crippen molar-refractivity contribution >= 4 is 5.69 Å². The van der Waals surface area contributed by atoms with Gasteiger partial charge in [0.15, 0.2) is 0 Å². The van der Waals surface area contributed by atoms with Crippen molar-refractivity contribution in [3.63, 3.8) is 0 Å². The van der Waals surface area contributed by atoms with E-state index >= 15 is 0 Å². The van der Waals surface area contributed by atoms with E-state index < -0.39 is 0 Å². The van der Waals surface area contributed by atoms with E-state index in [0.29, 0.717) is 0 Å². The van der Waals surface area contributed by atoms with Gasteiger partial charge >= 0.3 is 0 Å². The van der Waals surface area contributed by atoms with Crippen molar-refractivity contribution in [2.75, 3.05) is 33.1 Å². The molecule has 18 heavy (non-hydrogen) atoms. The van der Waals surface area contributed by atoms with E-state index in [1.165, 1.54) is 16.8 Å². The number of nitrogens with zero attached hydrogens (tertiary/aromatic N) is 1. The summed E-state index contributed by atoms with van der Waals surface area (Å²) in [6, 6.07) is 19.0. The summed E-state index contributed by atoms with van der Waals surface area (Å²) in [4.78, 5) is 2.11. The van der Waals surface area contributed by atoms with Crippen LogP contribution in [0, 0.1) is 0 Å². The Balaban J connectivity index is 0.000000492. The Labute approximate surface area is 110 Å². The molecule has 0 aliphatic heterocycles. The number of rotatable bonds is 2. The lowest BCUT2D eigenvalue weighted by molar-refractivity contribution is 1.02. The van der Waals surface area contributed by atoms with Crippen molar-refractivity contribution in [3.8, 4) is 11.1 Å². The maximum Gasteiger partial charge on any atom is 0.0361 e. The number of benzene rings is 2. The van der Waals surface area contributed by atoms with Gasteiger partial charge in [0.1, 0.15) is 0 Å². The van der Waals surface area contributed by atoms with Gasteiger partial charge in [-0.25, -0.2) is 0 Å². The molecule has 2 nitrogen and oxygen atoms in total. The van der Waals surface area contributed by atoms with Crippen LogP contribution in [0.4, 0.5) is 5.69 Å². The molecule has 0 bridgehead atoms. The van der Waals surface area contributed by atoms with Crippen LogP contribution in [0.25, 0.3) is 11.1 Å². The Kier molecular flexibility index (Phi) is 5.95. The van der Waals surface area contributed by atoms with Crippen molar-refractivity contribution in [3.05, 3.63) is 54.6 Å². The smallest absolute Gasteiger partial charge is 0.0361 e. The van der Waals surface area contributed by atoms with Crippen LogP contribution in [0.3, 0.4) is 0 Å². The second-order valence-electron chi connectivity index (χ2n) is 4.31. The van der Waals surface area contributed by atoms with E-state index in [0.717, 1.165) is 0 Å². The maximum absolute atomic E-state index is 2.75. The van der Waals surface area contributed by atoms with E-state index in [-0.39, 0.29) is 0 Å². The standard InChI is InChI=1S/C14H15N.C2H7N/c1-15(2)14-10-8-13(9-11-14)12-6-4-3-5-7-12;1-3-2/h3-11H,1-2H3;3H,1-2H3. The molecule has 2 aromatic carbocycles. The number of hydrogen-bond donors (Lipinski definition) is 1. The third-order valence-corrected chi connectivity index (χ3v) is 2.49. The van der Waals surface area contributed by atoms with Crippen molar-refractivity contribution in [2.45, 2.75) is 0 Å². The highest BCUT2D eigenvalue weighted by atomic mass is 15.1. The molecule has 0 unspecified atom stereocenters. The van der Waals surface area contributed by atoms with Gasteiger partial charge in [0.2, 0.25) is 0 Å². The van der Waals surface area contributed by atoms with Crippen LogP contribution in [0.5, 0.6) is 0 Å². The molecule has 0 aliphatic carbocycles. The van der Waals surface area contributed by atoms with E-state index in [2.05, 4.69) is 72.8 Å². The van der Waals surface area contributed by atoms with Gasteiger partial charge in [-0.15, -0.1) is 0 Å². The monoisotopic (exact) mass is 242 g/mol. The van der Waals surface area contributed by atoms with Gasteiger partial charge in [-0.1, -0.05) is 42.5 Å². The molecule has 1 N–H and O–H groups in total. The topological polar surface area (TPSA) is 15.3 Å². The molecule has 2 rings (SSSR count). The predicted molar refractivity (Wildman–Crippen MR) is 81.2 cm³/mol. The van der Waals surface area contributed by atoms with E-state index in [1.807, 2.05) is 20.2 Å². The molecule has 0 saturated heterocycles. The minimum Gasteiger partial charge on any atom is -0.378 e. The fraction of sp³-hybridized carbons (Fsp3) is 0.250. The van der Waals surface area contributed by atoms with Gasteiger partial charge in [-0.05, 0) is 37.4 Å². The van der Waals surface area contributed by atoms with Gasteiger partial charge in [-0.3, -0.25) is 0 Å². The number of anilines is 1. The predicted octanol–water partition coefficient (Wildman–Crippen LogP) is 3.26. The third-order valence-electron chi connectivity index (χ3n) is 2.49. The Bertz CT molecular complexity index is 432. The Morgan fingerprint density at radius 2 is 1.17 bits per heavy atom. The minimum absolute atomic E-state index is 1.23. The zero-order chi connectivity index (χ0) is 13.4. The molecular weight excluding hydrogens is 220 g/mol. The maximum atomic E-state index is 2.75. The summed E-state index contributed by atoms with van der Waals surface area (Å²) in [5.74, 6) is 0. The number of hydrogen-bond acceptors (Lipinski definition) is 2. The van der Waals surface area contributed by atoms with Crippen LogP contribution in [0.1, 0.15) is 0 Å². The second-order valence-corrected chi connectivity index (χ2v) is 4.31. The lowest BCUT2D eigenvalue weighted by Crippen LogP contribution is -2.07. The largest absolute Gasteiger partial charge is 0.378 e. The molecule has 96 valence electrons. The average molecular weight is 242 g/mol. The first-order valence-corrected chi connectivity index (χ1v) is 6.10. The molecule has 0 aliphatic rings. The molecule has 0 aromatic heterocycles. The van der Waals surface area contributed by atoms with Crippen molar-refractivity contribution in [2.24, 2.45) is 0 Å². The zero-order valence-electron chi connectivity index (χ0n) is 11.6. The average Bonchev–Trinajstić information content (AvgIpc) is 2.41. The first-order valence-electron chi connectivity index (χ1n) is 6.10. The molecule has 2 heteroatoms. The molecule has 0 radical (unpaired) electrons. The van der Waals surface area contributed by atoms with E-state index in [9.17, 15) is 0 Å². The van der Waals surface area contributed by atoms with Crippen molar-refractivity contribution in [1.29, 1.82) is 0 Å². The fourth-order valence-electron chi connectivity index (χ4n) is 1.58. The first-order chi connectivity index (χ1) is 8.69. The lowest BCUT2D eigenvalue weighted by Gasteiger charge is -2.12. The Hall–Kier alpha value is -1.80. The van der Waals surface area contributed by atoms with Gasteiger partial charge in [0, 0.05) is 19.8 Å². The molecular formula is C16H22N2.